The first-order valence-corrected chi connectivity index (χ1v) is 7.29. The highest BCUT2D eigenvalue weighted by Gasteiger charge is 2.20. The molecule has 1 N–H and O–H groups in total. The van der Waals surface area contributed by atoms with Gasteiger partial charge in [0.1, 0.15) is 11.4 Å². The van der Waals surface area contributed by atoms with E-state index in [1.54, 1.807) is 31.2 Å². The topological polar surface area (TPSA) is 77.1 Å². The third-order valence-electron chi connectivity index (χ3n) is 3.19. The van der Waals surface area contributed by atoms with Crippen molar-refractivity contribution in [1.29, 1.82) is 0 Å². The summed E-state index contributed by atoms with van der Waals surface area (Å²) in [5.74, 6) is -0.601. The van der Waals surface area contributed by atoms with E-state index in [1.807, 2.05) is 6.07 Å². The number of hydrogen-bond donors (Lipinski definition) is 1. The number of aromatic nitrogens is 3. The molecule has 0 fully saturated rings. The quantitative estimate of drug-likeness (QED) is 0.725. The fourth-order valence-corrected chi connectivity index (χ4v) is 2.12. The van der Waals surface area contributed by atoms with Crippen molar-refractivity contribution in [3.05, 3.63) is 60.0 Å². The molecule has 0 aliphatic carbocycles. The minimum atomic E-state index is -0.601. The van der Waals surface area contributed by atoms with Gasteiger partial charge in [-0.3, -0.25) is 0 Å². The van der Waals surface area contributed by atoms with E-state index in [1.165, 1.54) is 18.2 Å². The number of hydrogen-bond acceptors (Lipinski definition) is 5. The Morgan fingerprint density at radius 2 is 1.96 bits per heavy atom. The lowest BCUT2D eigenvalue weighted by Crippen LogP contribution is -2.06. The molecule has 0 amide bonds. The number of ether oxygens (including phenoxy) is 2. The van der Waals surface area contributed by atoms with Crippen LogP contribution in [-0.2, 0) is 4.74 Å². The second-order valence-electron chi connectivity index (χ2n) is 4.80. The van der Waals surface area contributed by atoms with Gasteiger partial charge in [-0.1, -0.05) is 18.2 Å². The summed E-state index contributed by atoms with van der Waals surface area (Å²) in [6.45, 7) is 1.91. The predicted molar refractivity (Wildman–Crippen MR) is 84.2 cm³/mol. The molecule has 0 saturated heterocycles. The van der Waals surface area contributed by atoms with Crippen LogP contribution < -0.4 is 4.74 Å². The van der Waals surface area contributed by atoms with Crippen LogP contribution in [-0.4, -0.2) is 28.0 Å². The minimum absolute atomic E-state index is 0.0245. The molecule has 0 spiro atoms. The number of nitrogens with one attached hydrogen (secondary N) is 1. The average Bonchev–Trinajstić information content (AvgIpc) is 3.08. The number of aromatic amines is 1. The number of nitrogens with zero attached hydrogens (tertiary/aromatic N) is 2. The Balaban J connectivity index is 1.95. The highest BCUT2D eigenvalue weighted by Crippen LogP contribution is 2.30. The van der Waals surface area contributed by atoms with Crippen LogP contribution in [0.5, 0.6) is 11.5 Å². The monoisotopic (exact) mass is 327 g/mol. The first-order chi connectivity index (χ1) is 11.7. The van der Waals surface area contributed by atoms with E-state index in [-0.39, 0.29) is 23.7 Å². The van der Waals surface area contributed by atoms with E-state index < -0.39 is 11.8 Å². The normalized spacial score (nSPS) is 10.4. The van der Waals surface area contributed by atoms with Gasteiger partial charge >= 0.3 is 5.97 Å². The third kappa shape index (κ3) is 3.24. The first kappa shape index (κ1) is 15.7. The Morgan fingerprint density at radius 1 is 1.17 bits per heavy atom. The van der Waals surface area contributed by atoms with Gasteiger partial charge in [0.05, 0.1) is 6.61 Å². The van der Waals surface area contributed by atoms with Crippen LogP contribution >= 0.6 is 0 Å². The fraction of sp³-hybridized carbons (Fsp3) is 0.118. The van der Waals surface area contributed by atoms with Crippen LogP contribution in [0.2, 0.25) is 0 Å². The Morgan fingerprint density at radius 3 is 2.71 bits per heavy atom. The Kier molecular flexibility index (Phi) is 4.51. The van der Waals surface area contributed by atoms with Crippen molar-refractivity contribution in [3.8, 4) is 22.8 Å². The molecule has 0 atom stereocenters. The maximum absolute atomic E-state index is 14.0. The number of rotatable bonds is 5. The highest BCUT2D eigenvalue weighted by molar-refractivity contribution is 5.94. The molecule has 1 heterocycles. The predicted octanol–water partition coefficient (Wildman–Crippen LogP) is 3.58. The van der Waals surface area contributed by atoms with Gasteiger partial charge in [0.25, 0.3) is 0 Å². The summed E-state index contributed by atoms with van der Waals surface area (Å²) in [6, 6.07) is 13.0. The molecule has 3 rings (SSSR count). The van der Waals surface area contributed by atoms with Crippen LogP contribution in [0.1, 0.15) is 17.4 Å². The lowest BCUT2D eigenvalue weighted by Gasteiger charge is -2.08. The molecule has 6 nitrogen and oxygen atoms in total. The zero-order valence-electron chi connectivity index (χ0n) is 12.8. The smallest absolute Gasteiger partial charge is 0.361 e. The largest absolute Gasteiger partial charge is 0.461 e. The molecular formula is C17H14FN3O3. The van der Waals surface area contributed by atoms with E-state index in [0.29, 0.717) is 11.3 Å². The van der Waals surface area contributed by atoms with Gasteiger partial charge in [0, 0.05) is 5.56 Å². The molecule has 0 saturated carbocycles. The van der Waals surface area contributed by atoms with E-state index >= 15 is 0 Å². The highest BCUT2D eigenvalue weighted by atomic mass is 19.1. The molecule has 0 unspecified atom stereocenters. The number of esters is 1. The molecule has 3 aromatic rings. The van der Waals surface area contributed by atoms with Crippen molar-refractivity contribution >= 4 is 5.97 Å². The van der Waals surface area contributed by atoms with Crippen molar-refractivity contribution in [1.82, 2.24) is 15.4 Å². The minimum Gasteiger partial charge on any atom is -0.461 e. The van der Waals surface area contributed by atoms with Crippen molar-refractivity contribution in [2.45, 2.75) is 6.92 Å². The Bertz CT molecular complexity index is 849. The van der Waals surface area contributed by atoms with Crippen LogP contribution in [0.3, 0.4) is 0 Å². The average molecular weight is 327 g/mol. The number of carbonyl (C=O) groups is 1. The van der Waals surface area contributed by atoms with E-state index in [9.17, 15) is 9.18 Å². The van der Waals surface area contributed by atoms with Gasteiger partial charge < -0.3 is 9.47 Å². The molecule has 122 valence electrons. The lowest BCUT2D eigenvalue weighted by atomic mass is 10.1. The van der Waals surface area contributed by atoms with Gasteiger partial charge in [-0.2, -0.15) is 10.3 Å². The summed E-state index contributed by atoms with van der Waals surface area (Å²) in [7, 11) is 0. The molecule has 2 aromatic carbocycles. The number of H-pyrrole nitrogens is 1. The summed E-state index contributed by atoms with van der Waals surface area (Å²) < 4.78 is 24.5. The summed E-state index contributed by atoms with van der Waals surface area (Å²) in [5, 5.41) is 10.1. The summed E-state index contributed by atoms with van der Waals surface area (Å²) >= 11 is 0. The second-order valence-corrected chi connectivity index (χ2v) is 4.80. The molecule has 1 aromatic heterocycles. The molecule has 0 aliphatic heterocycles. The number of benzene rings is 2. The van der Waals surface area contributed by atoms with Gasteiger partial charge in [0.15, 0.2) is 17.3 Å². The maximum Gasteiger partial charge on any atom is 0.361 e. The number of para-hydroxylation sites is 1. The van der Waals surface area contributed by atoms with Gasteiger partial charge in [-0.15, -0.1) is 5.10 Å². The second kappa shape index (κ2) is 6.91. The summed E-state index contributed by atoms with van der Waals surface area (Å²) in [6.07, 6.45) is 0. The third-order valence-corrected chi connectivity index (χ3v) is 3.19. The standard InChI is InChI=1S/C17H14FN3O3/c1-2-23-17(22)16-15(19-21-20-16)11-8-9-13(18)14(10-11)24-12-6-4-3-5-7-12/h3-10H,2H2,1H3,(H,19,20,21). The summed E-state index contributed by atoms with van der Waals surface area (Å²) in [5.41, 5.74) is 0.791. The van der Waals surface area contributed by atoms with E-state index in [0.717, 1.165) is 0 Å². The van der Waals surface area contributed by atoms with Crippen molar-refractivity contribution < 1.29 is 18.7 Å². The fourth-order valence-electron chi connectivity index (χ4n) is 2.12. The van der Waals surface area contributed by atoms with Crippen LogP contribution in [0.25, 0.3) is 11.3 Å². The number of halogens is 1. The van der Waals surface area contributed by atoms with Crippen LogP contribution in [0, 0.1) is 5.82 Å². The molecule has 0 bridgehead atoms. The maximum atomic E-state index is 14.0. The van der Waals surface area contributed by atoms with Crippen LogP contribution in [0.4, 0.5) is 4.39 Å². The Labute approximate surface area is 137 Å². The van der Waals surface area contributed by atoms with Crippen molar-refractivity contribution in [3.63, 3.8) is 0 Å². The first-order valence-electron chi connectivity index (χ1n) is 7.29. The molecule has 0 radical (unpaired) electrons. The van der Waals surface area contributed by atoms with Gasteiger partial charge in [0.2, 0.25) is 0 Å². The van der Waals surface area contributed by atoms with Gasteiger partial charge in [-0.05, 0) is 37.3 Å². The molecule has 7 heteroatoms. The molecular weight excluding hydrogens is 313 g/mol. The zero-order valence-corrected chi connectivity index (χ0v) is 12.8. The zero-order chi connectivity index (χ0) is 16.9. The Hall–Kier alpha value is -3.22. The number of carbonyl (C=O) groups excluding carboxylic acids is 1. The van der Waals surface area contributed by atoms with Crippen LogP contribution in [0.15, 0.2) is 48.5 Å². The van der Waals surface area contributed by atoms with Crippen molar-refractivity contribution in [2.24, 2.45) is 0 Å². The van der Waals surface area contributed by atoms with Gasteiger partial charge in [-0.25, -0.2) is 9.18 Å². The lowest BCUT2D eigenvalue weighted by molar-refractivity contribution is 0.0520. The summed E-state index contributed by atoms with van der Waals surface area (Å²) in [4.78, 5) is 11.9. The van der Waals surface area contributed by atoms with E-state index in [4.69, 9.17) is 9.47 Å². The molecule has 0 aliphatic rings. The molecule has 24 heavy (non-hydrogen) atoms. The van der Waals surface area contributed by atoms with E-state index in [2.05, 4.69) is 15.4 Å². The van der Waals surface area contributed by atoms with Crippen molar-refractivity contribution in [2.75, 3.05) is 6.61 Å². The SMILES string of the molecule is CCOC(=O)c1n[nH]nc1-c1ccc(F)c(Oc2ccccc2)c1.